The van der Waals surface area contributed by atoms with E-state index in [0.717, 1.165) is 72.8 Å². The third-order valence-corrected chi connectivity index (χ3v) is 16.2. The van der Waals surface area contributed by atoms with Crippen LogP contribution >= 0.6 is 0 Å². The van der Waals surface area contributed by atoms with Crippen molar-refractivity contribution in [3.63, 3.8) is 0 Å². The zero-order valence-electron chi connectivity index (χ0n) is 42.2. The second-order valence-electron chi connectivity index (χ2n) is 20.8. The monoisotopic (exact) mass is 970 g/mol. The normalized spacial score (nSPS) is 12.7. The van der Waals surface area contributed by atoms with Gasteiger partial charge in [0.2, 0.25) is 0 Å². The molecule has 0 bridgehead atoms. The van der Waals surface area contributed by atoms with E-state index in [0.29, 0.717) is 0 Å². The topological polar surface area (TPSA) is 19.6 Å². The Morgan fingerprint density at radius 2 is 0.671 bits per heavy atom. The Bertz CT molecular complexity index is 4530. The van der Waals surface area contributed by atoms with Gasteiger partial charge in [0.15, 0.2) is 0 Å². The highest BCUT2D eigenvalue weighted by Gasteiger charge is 2.37. The molecular weight excluding hydrogens is 921 g/mol. The Kier molecular flexibility index (Phi) is 9.92. The van der Waals surface area contributed by atoms with Crippen molar-refractivity contribution in [1.29, 1.82) is 0 Å². The standard InChI is InChI=1S/C73H50N2O/c1-73(2)69-45-52(74(48-18-5-3-6-19-48)49-20-7-4-8-21-49)37-40-63(69)64-41-38-53(46-70(64)73)75(51-36-39-62-59-26-12-11-24-57(59)58-25-13-14-27-60(58)68(62)44-51)50-34-32-47(33-35-50)54-42-43-61(56-23-10-9-22-55(54)56)66-29-17-30-67-65-28-15-16-31-71(65)76-72(66)67/h3-46H,1-2H3. The Balaban J connectivity index is 0.867. The molecule has 0 amide bonds. The van der Waals surface area contributed by atoms with Crippen LogP contribution in [0.25, 0.3) is 98.4 Å². The van der Waals surface area contributed by atoms with Gasteiger partial charge in [-0.25, -0.2) is 0 Å². The van der Waals surface area contributed by atoms with E-state index >= 15 is 0 Å². The summed E-state index contributed by atoms with van der Waals surface area (Å²) in [7, 11) is 0. The first kappa shape index (κ1) is 43.8. The number of rotatable bonds is 8. The zero-order valence-corrected chi connectivity index (χ0v) is 42.2. The second-order valence-corrected chi connectivity index (χ2v) is 20.8. The van der Waals surface area contributed by atoms with Crippen molar-refractivity contribution in [2.75, 3.05) is 9.80 Å². The number of hydrogen-bond acceptors (Lipinski definition) is 3. The Morgan fingerprint density at radius 1 is 0.263 bits per heavy atom. The molecule has 358 valence electrons. The summed E-state index contributed by atoms with van der Waals surface area (Å²) in [4.78, 5) is 4.82. The second kappa shape index (κ2) is 17.2. The first-order valence-corrected chi connectivity index (χ1v) is 26.3. The van der Waals surface area contributed by atoms with Gasteiger partial charge in [-0.3, -0.25) is 0 Å². The molecular formula is C73H50N2O. The highest BCUT2D eigenvalue weighted by atomic mass is 16.3. The summed E-state index contributed by atoms with van der Waals surface area (Å²) >= 11 is 0. The fraction of sp³-hybridized carbons (Fsp3) is 0.0411. The first-order chi connectivity index (χ1) is 37.5. The summed E-state index contributed by atoms with van der Waals surface area (Å²) in [5.74, 6) is 0. The van der Waals surface area contributed by atoms with Crippen LogP contribution in [0.2, 0.25) is 0 Å². The predicted octanol–water partition coefficient (Wildman–Crippen LogP) is 20.8. The molecule has 0 N–H and O–H groups in total. The summed E-state index contributed by atoms with van der Waals surface area (Å²) in [6.07, 6.45) is 0. The molecule has 0 fully saturated rings. The maximum Gasteiger partial charge on any atom is 0.143 e. The van der Waals surface area contributed by atoms with Gasteiger partial charge in [-0.15, -0.1) is 0 Å². The number of benzene rings is 13. The van der Waals surface area contributed by atoms with Crippen LogP contribution in [0.1, 0.15) is 25.0 Å². The lowest BCUT2D eigenvalue weighted by Gasteiger charge is -2.29. The molecule has 0 aliphatic heterocycles. The molecule has 0 saturated heterocycles. The van der Waals surface area contributed by atoms with Gasteiger partial charge < -0.3 is 14.2 Å². The van der Waals surface area contributed by atoms with Crippen LogP contribution in [0.5, 0.6) is 0 Å². The van der Waals surface area contributed by atoms with Crippen LogP contribution < -0.4 is 9.80 Å². The first-order valence-electron chi connectivity index (χ1n) is 26.3. The van der Waals surface area contributed by atoms with Crippen LogP contribution in [-0.2, 0) is 5.41 Å². The van der Waals surface area contributed by atoms with Crippen molar-refractivity contribution >= 4 is 99.2 Å². The molecule has 0 atom stereocenters. The summed E-state index contributed by atoms with van der Waals surface area (Å²) in [6.45, 7) is 4.78. The lowest BCUT2D eigenvalue weighted by atomic mass is 9.82. The third-order valence-electron chi connectivity index (χ3n) is 16.2. The summed E-state index contributed by atoms with van der Waals surface area (Å²) in [6, 6.07) is 97.7. The van der Waals surface area contributed by atoms with Gasteiger partial charge in [0, 0.05) is 55.9 Å². The average Bonchev–Trinajstić information content (AvgIpc) is 3.98. The highest BCUT2D eigenvalue weighted by Crippen LogP contribution is 2.53. The molecule has 0 radical (unpaired) electrons. The lowest BCUT2D eigenvalue weighted by Crippen LogP contribution is -2.17. The molecule has 1 aliphatic rings. The number of anilines is 6. The van der Waals surface area contributed by atoms with E-state index < -0.39 is 0 Å². The lowest BCUT2D eigenvalue weighted by molar-refractivity contribution is 0.660. The number of hydrogen-bond donors (Lipinski definition) is 0. The molecule has 3 heteroatoms. The number of furan rings is 1. The largest absolute Gasteiger partial charge is 0.455 e. The van der Waals surface area contributed by atoms with Crippen molar-refractivity contribution in [3.05, 3.63) is 278 Å². The Hall–Kier alpha value is -9.70. The molecule has 15 rings (SSSR count). The van der Waals surface area contributed by atoms with Crippen molar-refractivity contribution in [2.45, 2.75) is 19.3 Å². The minimum absolute atomic E-state index is 0.285. The molecule has 1 aliphatic carbocycles. The van der Waals surface area contributed by atoms with Crippen molar-refractivity contribution in [1.82, 2.24) is 0 Å². The number of para-hydroxylation sites is 4. The number of fused-ring (bicyclic) bond motifs is 13. The maximum absolute atomic E-state index is 6.56. The molecule has 14 aromatic rings. The van der Waals surface area contributed by atoms with E-state index in [4.69, 9.17) is 4.42 Å². The molecule has 0 spiro atoms. The quantitative estimate of drug-likeness (QED) is 0.142. The average molecular weight is 971 g/mol. The minimum atomic E-state index is -0.285. The fourth-order valence-electron chi connectivity index (χ4n) is 12.6. The molecule has 0 saturated carbocycles. The number of nitrogens with zero attached hydrogens (tertiary/aromatic N) is 2. The van der Waals surface area contributed by atoms with E-state index in [-0.39, 0.29) is 5.41 Å². The molecule has 1 heterocycles. The van der Waals surface area contributed by atoms with Gasteiger partial charge in [0.05, 0.1) is 0 Å². The summed E-state index contributed by atoms with van der Waals surface area (Å²) in [5.41, 5.74) is 18.0. The third kappa shape index (κ3) is 6.82. The summed E-state index contributed by atoms with van der Waals surface area (Å²) in [5, 5.41) is 12.2. The van der Waals surface area contributed by atoms with E-state index in [1.807, 2.05) is 6.07 Å². The smallest absolute Gasteiger partial charge is 0.143 e. The van der Waals surface area contributed by atoms with Crippen molar-refractivity contribution in [2.24, 2.45) is 0 Å². The van der Waals surface area contributed by atoms with Gasteiger partial charge in [-0.05, 0) is 161 Å². The molecule has 1 aromatic heterocycles. The molecule has 3 nitrogen and oxygen atoms in total. The van der Waals surface area contributed by atoms with E-state index in [2.05, 4.69) is 285 Å². The summed E-state index contributed by atoms with van der Waals surface area (Å²) < 4.78 is 6.56. The van der Waals surface area contributed by atoms with Crippen LogP contribution in [0.15, 0.2) is 271 Å². The Labute approximate surface area is 441 Å². The fourth-order valence-corrected chi connectivity index (χ4v) is 12.6. The Morgan fingerprint density at radius 3 is 1.28 bits per heavy atom. The minimum Gasteiger partial charge on any atom is -0.455 e. The predicted molar refractivity (Wildman–Crippen MR) is 322 cm³/mol. The van der Waals surface area contributed by atoms with Gasteiger partial charge in [-0.1, -0.05) is 202 Å². The van der Waals surface area contributed by atoms with Crippen LogP contribution in [0.3, 0.4) is 0 Å². The SMILES string of the molecule is CC1(C)c2cc(N(c3ccccc3)c3ccccc3)ccc2-c2ccc(N(c3ccc(-c4ccc(-c5cccc6c5oc5ccccc56)c5ccccc45)cc3)c3ccc4c5ccccc5c5ccccc5c4c3)cc21. The van der Waals surface area contributed by atoms with Crippen molar-refractivity contribution in [3.8, 4) is 33.4 Å². The van der Waals surface area contributed by atoms with Gasteiger partial charge in [0.1, 0.15) is 11.2 Å². The van der Waals surface area contributed by atoms with Crippen molar-refractivity contribution < 1.29 is 4.42 Å². The van der Waals surface area contributed by atoms with Gasteiger partial charge in [-0.2, -0.15) is 0 Å². The van der Waals surface area contributed by atoms with Crippen LogP contribution in [-0.4, -0.2) is 0 Å². The zero-order chi connectivity index (χ0) is 50.5. The molecule has 0 unspecified atom stereocenters. The van der Waals surface area contributed by atoms with Gasteiger partial charge >= 0.3 is 0 Å². The molecule has 13 aromatic carbocycles. The maximum atomic E-state index is 6.56. The van der Waals surface area contributed by atoms with Crippen LogP contribution in [0, 0.1) is 0 Å². The van der Waals surface area contributed by atoms with Gasteiger partial charge in [0.25, 0.3) is 0 Å². The molecule has 76 heavy (non-hydrogen) atoms. The van der Waals surface area contributed by atoms with E-state index in [9.17, 15) is 0 Å². The highest BCUT2D eigenvalue weighted by molar-refractivity contribution is 6.26. The van der Waals surface area contributed by atoms with E-state index in [1.54, 1.807) is 0 Å². The van der Waals surface area contributed by atoms with E-state index in [1.165, 1.54) is 70.9 Å². The van der Waals surface area contributed by atoms with Crippen LogP contribution in [0.4, 0.5) is 34.1 Å².